The van der Waals surface area contributed by atoms with Crippen molar-refractivity contribution in [3.63, 3.8) is 0 Å². The molecule has 1 aromatic carbocycles. The summed E-state index contributed by atoms with van der Waals surface area (Å²) in [6, 6.07) is 4.55. The van der Waals surface area contributed by atoms with Crippen molar-refractivity contribution in [2.75, 3.05) is 26.8 Å². The zero-order valence-corrected chi connectivity index (χ0v) is 13.0. The van der Waals surface area contributed by atoms with Crippen LogP contribution in [0.15, 0.2) is 23.1 Å². The summed E-state index contributed by atoms with van der Waals surface area (Å²) in [6.07, 6.45) is 0. The second-order valence-corrected chi connectivity index (χ2v) is 7.35. The third-order valence-corrected chi connectivity index (χ3v) is 6.04. The van der Waals surface area contributed by atoms with Gasteiger partial charge in [0.2, 0.25) is 10.0 Å². The summed E-state index contributed by atoms with van der Waals surface area (Å²) in [7, 11) is -2.20. The fourth-order valence-corrected chi connectivity index (χ4v) is 4.45. The molecule has 0 spiro atoms. The first-order chi connectivity index (χ1) is 9.40. The predicted octanol–water partition coefficient (Wildman–Crippen LogP) is 1.60. The summed E-state index contributed by atoms with van der Waals surface area (Å²) in [4.78, 5) is 0.0457. The molecule has 5 nitrogen and oxygen atoms in total. The maximum atomic E-state index is 12.6. The Bertz CT molecular complexity index is 590. The first-order valence-electron chi connectivity index (χ1n) is 6.34. The molecule has 1 aliphatic heterocycles. The summed E-state index contributed by atoms with van der Waals surface area (Å²) in [5, 5.41) is 9.43. The van der Waals surface area contributed by atoms with E-state index in [1.165, 1.54) is 23.5 Å². The van der Waals surface area contributed by atoms with Crippen molar-refractivity contribution in [3.05, 3.63) is 23.2 Å². The van der Waals surface area contributed by atoms with Gasteiger partial charge in [0.25, 0.3) is 0 Å². The van der Waals surface area contributed by atoms with E-state index in [2.05, 4.69) is 0 Å². The predicted molar refractivity (Wildman–Crippen MR) is 76.5 cm³/mol. The number of nitrogens with zero attached hydrogens (tertiary/aromatic N) is 1. The fraction of sp³-hybridized carbons (Fsp3) is 0.538. The zero-order valence-electron chi connectivity index (χ0n) is 11.4. The molecular formula is C13H18ClNO4S. The molecule has 1 aliphatic rings. The average Bonchev–Trinajstić information content (AvgIpc) is 2.81. The second-order valence-electron chi connectivity index (χ2n) is 5.04. The van der Waals surface area contributed by atoms with Crippen molar-refractivity contribution < 1.29 is 18.3 Å². The maximum absolute atomic E-state index is 12.6. The van der Waals surface area contributed by atoms with Crippen LogP contribution < -0.4 is 4.74 Å². The molecule has 2 atom stereocenters. The SMILES string of the molecule is COc1ccc(Cl)c(S(=O)(=O)N2C[C@@H](CO)[C@H](C)C2)c1. The Morgan fingerprint density at radius 2 is 2.15 bits per heavy atom. The quantitative estimate of drug-likeness (QED) is 0.915. The summed E-state index contributed by atoms with van der Waals surface area (Å²) < 4.78 is 31.7. The van der Waals surface area contributed by atoms with Gasteiger partial charge in [-0.2, -0.15) is 4.31 Å². The molecule has 0 radical (unpaired) electrons. The van der Waals surface area contributed by atoms with Crippen LogP contribution >= 0.6 is 11.6 Å². The average molecular weight is 320 g/mol. The van der Waals surface area contributed by atoms with Gasteiger partial charge in [0.15, 0.2) is 0 Å². The van der Waals surface area contributed by atoms with Gasteiger partial charge in [0.1, 0.15) is 10.6 Å². The van der Waals surface area contributed by atoms with Gasteiger partial charge in [-0.1, -0.05) is 18.5 Å². The van der Waals surface area contributed by atoms with E-state index >= 15 is 0 Å². The number of aliphatic hydroxyl groups excluding tert-OH is 1. The largest absolute Gasteiger partial charge is 0.497 e. The van der Waals surface area contributed by atoms with Gasteiger partial charge >= 0.3 is 0 Å². The first-order valence-corrected chi connectivity index (χ1v) is 8.16. The van der Waals surface area contributed by atoms with E-state index in [-0.39, 0.29) is 28.4 Å². The summed E-state index contributed by atoms with van der Waals surface area (Å²) in [5.41, 5.74) is 0. The Balaban J connectivity index is 2.36. The van der Waals surface area contributed by atoms with Gasteiger partial charge in [-0.05, 0) is 24.0 Å². The molecule has 0 unspecified atom stereocenters. The van der Waals surface area contributed by atoms with E-state index < -0.39 is 10.0 Å². The highest BCUT2D eigenvalue weighted by atomic mass is 35.5. The van der Waals surface area contributed by atoms with Crippen LogP contribution in [0.2, 0.25) is 5.02 Å². The third kappa shape index (κ3) is 2.79. The highest BCUT2D eigenvalue weighted by Crippen LogP contribution is 2.33. The minimum atomic E-state index is -3.67. The van der Waals surface area contributed by atoms with E-state index in [4.69, 9.17) is 16.3 Å². The number of aliphatic hydroxyl groups is 1. The van der Waals surface area contributed by atoms with Crippen molar-refractivity contribution in [2.45, 2.75) is 11.8 Å². The number of rotatable bonds is 4. The van der Waals surface area contributed by atoms with E-state index in [9.17, 15) is 13.5 Å². The molecule has 1 heterocycles. The van der Waals surface area contributed by atoms with Crippen molar-refractivity contribution in [1.29, 1.82) is 0 Å². The molecule has 2 rings (SSSR count). The van der Waals surface area contributed by atoms with E-state index in [0.717, 1.165) is 0 Å². The van der Waals surface area contributed by atoms with Crippen molar-refractivity contribution >= 4 is 21.6 Å². The zero-order chi connectivity index (χ0) is 14.9. The Morgan fingerprint density at radius 1 is 1.45 bits per heavy atom. The molecule has 0 aliphatic carbocycles. The molecule has 0 saturated carbocycles. The molecule has 1 fully saturated rings. The van der Waals surface area contributed by atoms with Gasteiger partial charge < -0.3 is 9.84 Å². The van der Waals surface area contributed by atoms with Crippen LogP contribution in [0, 0.1) is 11.8 Å². The molecule has 7 heteroatoms. The van der Waals surface area contributed by atoms with E-state index in [0.29, 0.717) is 18.8 Å². The minimum absolute atomic E-state index is 0.0149. The fourth-order valence-electron chi connectivity index (χ4n) is 2.37. The van der Waals surface area contributed by atoms with Gasteiger partial charge in [-0.15, -0.1) is 0 Å². The lowest BCUT2D eigenvalue weighted by atomic mass is 10.00. The summed E-state index contributed by atoms with van der Waals surface area (Å²) in [6.45, 7) is 2.62. The van der Waals surface area contributed by atoms with Crippen molar-refractivity contribution in [2.24, 2.45) is 11.8 Å². The lowest BCUT2D eigenvalue weighted by Crippen LogP contribution is -2.29. The minimum Gasteiger partial charge on any atom is -0.497 e. The first kappa shape index (κ1) is 15.6. The third-order valence-electron chi connectivity index (χ3n) is 3.73. The molecule has 0 amide bonds. The van der Waals surface area contributed by atoms with Crippen LogP contribution in [0.5, 0.6) is 5.75 Å². The van der Waals surface area contributed by atoms with Crippen LogP contribution in [-0.2, 0) is 10.0 Å². The van der Waals surface area contributed by atoms with Gasteiger partial charge in [0, 0.05) is 25.8 Å². The van der Waals surface area contributed by atoms with E-state index in [1.54, 1.807) is 6.07 Å². The standard InChI is InChI=1S/C13H18ClNO4S/c1-9-6-15(7-10(9)8-16)20(17,18)13-5-11(19-2)3-4-12(13)14/h3-5,9-10,16H,6-8H2,1-2H3/t9-,10+/m1/s1. The van der Waals surface area contributed by atoms with Crippen LogP contribution in [-0.4, -0.2) is 44.6 Å². The highest BCUT2D eigenvalue weighted by molar-refractivity contribution is 7.89. The maximum Gasteiger partial charge on any atom is 0.244 e. The van der Waals surface area contributed by atoms with Crippen LogP contribution in [0.3, 0.4) is 0 Å². The molecule has 0 bridgehead atoms. The molecule has 1 saturated heterocycles. The number of methoxy groups -OCH3 is 1. The number of benzene rings is 1. The molecule has 1 N–H and O–H groups in total. The Kier molecular flexibility index (Phi) is 4.59. The monoisotopic (exact) mass is 319 g/mol. The van der Waals surface area contributed by atoms with Gasteiger partial charge in [-0.25, -0.2) is 8.42 Å². The normalized spacial score (nSPS) is 24.0. The van der Waals surface area contributed by atoms with Crippen molar-refractivity contribution in [1.82, 2.24) is 4.31 Å². The topological polar surface area (TPSA) is 66.8 Å². The van der Waals surface area contributed by atoms with Crippen molar-refractivity contribution in [3.8, 4) is 5.75 Å². The second kappa shape index (κ2) is 5.89. The van der Waals surface area contributed by atoms with E-state index in [1.807, 2.05) is 6.92 Å². The van der Waals surface area contributed by atoms with Gasteiger partial charge in [-0.3, -0.25) is 0 Å². The number of hydrogen-bond donors (Lipinski definition) is 1. The summed E-state index contributed by atoms with van der Waals surface area (Å²) in [5.74, 6) is 0.534. The Morgan fingerprint density at radius 3 is 2.70 bits per heavy atom. The Labute approximate surface area is 124 Å². The smallest absolute Gasteiger partial charge is 0.244 e. The Hall–Kier alpha value is -0.820. The van der Waals surface area contributed by atoms with Crippen LogP contribution in [0.4, 0.5) is 0 Å². The molecule has 20 heavy (non-hydrogen) atoms. The van der Waals surface area contributed by atoms with Crippen LogP contribution in [0.25, 0.3) is 0 Å². The number of ether oxygens (including phenoxy) is 1. The lowest BCUT2D eigenvalue weighted by molar-refractivity contribution is 0.210. The molecule has 1 aromatic rings. The number of hydrogen-bond acceptors (Lipinski definition) is 4. The number of sulfonamides is 1. The summed E-state index contributed by atoms with van der Waals surface area (Å²) >= 11 is 6.01. The number of halogens is 1. The highest BCUT2D eigenvalue weighted by Gasteiger charge is 2.37. The molecule has 0 aromatic heterocycles. The van der Waals surface area contributed by atoms with Crippen LogP contribution in [0.1, 0.15) is 6.92 Å². The lowest BCUT2D eigenvalue weighted by Gasteiger charge is -2.17. The molecule has 112 valence electrons. The molecular weight excluding hydrogens is 302 g/mol. The van der Waals surface area contributed by atoms with Gasteiger partial charge in [0.05, 0.1) is 12.1 Å².